The minimum Gasteiger partial charge on any atom is -0.304 e. The van der Waals surface area contributed by atoms with Crippen LogP contribution in [0.2, 0.25) is 0 Å². The van der Waals surface area contributed by atoms with Gasteiger partial charge in [-0.1, -0.05) is 0 Å². The number of hydrogen-bond acceptors (Lipinski definition) is 2. The lowest BCUT2D eigenvalue weighted by molar-refractivity contribution is -0.146. The average molecular weight is 182 g/mol. The van der Waals surface area contributed by atoms with Crippen LogP contribution in [-0.2, 0) is 0 Å². The second-order valence-electron chi connectivity index (χ2n) is 3.03. The zero-order valence-electron chi connectivity index (χ0n) is 6.82. The molecule has 72 valence electrons. The van der Waals surface area contributed by atoms with E-state index in [0.29, 0.717) is 13.2 Å². The Morgan fingerprint density at radius 1 is 1.25 bits per heavy atom. The maximum absolute atomic E-state index is 11.9. The van der Waals surface area contributed by atoms with Gasteiger partial charge >= 0.3 is 6.18 Å². The summed E-state index contributed by atoms with van der Waals surface area (Å²) in [5.74, 6) is 0. The van der Waals surface area contributed by atoms with Crippen molar-refractivity contribution < 1.29 is 13.2 Å². The first kappa shape index (κ1) is 9.80. The highest BCUT2D eigenvalue weighted by Crippen LogP contribution is 2.16. The first-order valence-electron chi connectivity index (χ1n) is 4.08. The summed E-state index contributed by atoms with van der Waals surface area (Å²) in [6, 6.07) is 0. The zero-order valence-corrected chi connectivity index (χ0v) is 6.82. The van der Waals surface area contributed by atoms with Gasteiger partial charge in [0, 0.05) is 6.67 Å². The van der Waals surface area contributed by atoms with Gasteiger partial charge < -0.3 is 5.32 Å². The monoisotopic (exact) mass is 182 g/mol. The summed E-state index contributed by atoms with van der Waals surface area (Å²) in [5, 5.41) is 2.95. The van der Waals surface area contributed by atoms with Crippen molar-refractivity contribution in [1.29, 1.82) is 0 Å². The van der Waals surface area contributed by atoms with Crippen molar-refractivity contribution in [1.82, 2.24) is 10.2 Å². The molecule has 1 rings (SSSR count). The number of halogens is 3. The molecule has 0 bridgehead atoms. The second-order valence-corrected chi connectivity index (χ2v) is 3.03. The average Bonchev–Trinajstić information content (AvgIpc) is 2.12. The zero-order chi connectivity index (χ0) is 9.03. The van der Waals surface area contributed by atoms with Crippen LogP contribution >= 0.6 is 0 Å². The molecule has 12 heavy (non-hydrogen) atoms. The Bertz CT molecular complexity index is 127. The van der Waals surface area contributed by atoms with Crippen LogP contribution in [-0.4, -0.2) is 37.4 Å². The van der Waals surface area contributed by atoms with Crippen molar-refractivity contribution >= 4 is 0 Å². The van der Waals surface area contributed by atoms with E-state index in [-0.39, 0.29) is 0 Å². The van der Waals surface area contributed by atoms with Crippen molar-refractivity contribution in [2.24, 2.45) is 0 Å². The molecule has 5 heteroatoms. The maximum atomic E-state index is 11.9. The largest absolute Gasteiger partial charge is 0.401 e. The third-order valence-electron chi connectivity index (χ3n) is 1.82. The van der Waals surface area contributed by atoms with Crippen molar-refractivity contribution in [3.05, 3.63) is 0 Å². The number of rotatable bonds is 1. The summed E-state index contributed by atoms with van der Waals surface area (Å²) in [7, 11) is 0. The molecule has 0 aromatic rings. The summed E-state index contributed by atoms with van der Waals surface area (Å²) in [5.41, 5.74) is 0. The van der Waals surface area contributed by atoms with Crippen LogP contribution in [0, 0.1) is 0 Å². The molecule has 2 nitrogen and oxygen atoms in total. The van der Waals surface area contributed by atoms with Gasteiger partial charge in [0.1, 0.15) is 0 Å². The van der Waals surface area contributed by atoms with E-state index in [4.69, 9.17) is 0 Å². The van der Waals surface area contributed by atoms with E-state index in [2.05, 4.69) is 5.32 Å². The molecule has 0 atom stereocenters. The predicted octanol–water partition coefficient (Wildman–Crippen LogP) is 1.19. The van der Waals surface area contributed by atoms with Gasteiger partial charge in [-0.3, -0.25) is 4.90 Å². The lowest BCUT2D eigenvalue weighted by atomic mass is 10.3. The van der Waals surface area contributed by atoms with E-state index in [1.807, 2.05) is 0 Å². The molecule has 1 saturated heterocycles. The van der Waals surface area contributed by atoms with Gasteiger partial charge in [0.05, 0.1) is 6.54 Å². The fourth-order valence-corrected chi connectivity index (χ4v) is 1.29. The lowest BCUT2D eigenvalue weighted by Gasteiger charge is -2.20. The Morgan fingerprint density at radius 2 is 2.00 bits per heavy atom. The fraction of sp³-hybridized carbons (Fsp3) is 1.00. The van der Waals surface area contributed by atoms with Crippen LogP contribution in [0.1, 0.15) is 12.8 Å². The normalized spacial score (nSPS) is 22.2. The van der Waals surface area contributed by atoms with E-state index in [1.54, 1.807) is 0 Å². The molecule has 1 aliphatic heterocycles. The molecular formula is C7H13F3N2. The topological polar surface area (TPSA) is 15.3 Å². The molecule has 0 amide bonds. The van der Waals surface area contributed by atoms with Gasteiger partial charge in [-0.15, -0.1) is 0 Å². The first-order chi connectivity index (χ1) is 5.58. The summed E-state index contributed by atoms with van der Waals surface area (Å²) < 4.78 is 35.7. The van der Waals surface area contributed by atoms with E-state index in [1.165, 1.54) is 4.90 Å². The van der Waals surface area contributed by atoms with Crippen LogP contribution in [0.4, 0.5) is 13.2 Å². The van der Waals surface area contributed by atoms with Gasteiger partial charge in [-0.2, -0.15) is 13.2 Å². The second kappa shape index (κ2) is 4.09. The third kappa shape index (κ3) is 3.92. The molecule has 0 spiro atoms. The van der Waals surface area contributed by atoms with E-state index in [9.17, 15) is 13.2 Å². The number of hydrogen-bond donors (Lipinski definition) is 1. The third-order valence-corrected chi connectivity index (χ3v) is 1.82. The highest BCUT2D eigenvalue weighted by Gasteiger charge is 2.30. The van der Waals surface area contributed by atoms with Gasteiger partial charge in [0.15, 0.2) is 0 Å². The summed E-state index contributed by atoms with van der Waals surface area (Å²) in [6.07, 6.45) is -2.25. The minimum atomic E-state index is -4.06. The van der Waals surface area contributed by atoms with Gasteiger partial charge in [-0.05, 0) is 25.9 Å². The molecular weight excluding hydrogens is 169 g/mol. The van der Waals surface area contributed by atoms with Crippen molar-refractivity contribution in [3.63, 3.8) is 0 Å². The van der Waals surface area contributed by atoms with Gasteiger partial charge in [0.2, 0.25) is 0 Å². The molecule has 0 aromatic heterocycles. The quantitative estimate of drug-likeness (QED) is 0.655. The fourth-order valence-electron chi connectivity index (χ4n) is 1.29. The Labute approximate surface area is 69.7 Å². The van der Waals surface area contributed by atoms with Crippen LogP contribution in [0.15, 0.2) is 0 Å². The Hall–Kier alpha value is -0.290. The number of nitrogens with zero attached hydrogens (tertiary/aromatic N) is 1. The molecule has 0 radical (unpaired) electrons. The number of alkyl halides is 3. The molecule has 1 fully saturated rings. The standard InChI is InChI=1S/C7H13F3N2/c8-7(9,10)5-12-4-2-1-3-11-6-12/h11H,1-6H2. The molecule has 0 aromatic carbocycles. The molecule has 1 aliphatic rings. The van der Waals surface area contributed by atoms with E-state index >= 15 is 0 Å². The highest BCUT2D eigenvalue weighted by atomic mass is 19.4. The van der Waals surface area contributed by atoms with Crippen LogP contribution in [0.25, 0.3) is 0 Å². The Morgan fingerprint density at radius 3 is 2.67 bits per heavy atom. The van der Waals surface area contributed by atoms with Crippen LogP contribution < -0.4 is 5.32 Å². The van der Waals surface area contributed by atoms with Gasteiger partial charge in [-0.25, -0.2) is 0 Å². The van der Waals surface area contributed by atoms with Crippen LogP contribution in [0.3, 0.4) is 0 Å². The summed E-state index contributed by atoms with van der Waals surface area (Å²) in [6.45, 7) is 0.945. The lowest BCUT2D eigenvalue weighted by Crippen LogP contribution is -2.39. The summed E-state index contributed by atoms with van der Waals surface area (Å²) >= 11 is 0. The molecule has 0 saturated carbocycles. The summed E-state index contributed by atoms with van der Waals surface area (Å²) in [4.78, 5) is 1.40. The predicted molar refractivity (Wildman–Crippen MR) is 39.7 cm³/mol. The van der Waals surface area contributed by atoms with Crippen molar-refractivity contribution in [2.45, 2.75) is 19.0 Å². The Balaban J connectivity index is 2.30. The molecule has 1 N–H and O–H groups in total. The van der Waals surface area contributed by atoms with Crippen LogP contribution in [0.5, 0.6) is 0 Å². The van der Waals surface area contributed by atoms with Gasteiger partial charge in [0.25, 0.3) is 0 Å². The maximum Gasteiger partial charge on any atom is 0.401 e. The number of nitrogens with one attached hydrogen (secondary N) is 1. The highest BCUT2D eigenvalue weighted by molar-refractivity contribution is 4.65. The van der Waals surface area contributed by atoms with E-state index < -0.39 is 12.7 Å². The molecule has 0 unspecified atom stereocenters. The Kier molecular flexibility index (Phi) is 3.34. The van der Waals surface area contributed by atoms with Crippen molar-refractivity contribution in [3.8, 4) is 0 Å². The SMILES string of the molecule is FC(F)(F)CN1CCCCNC1. The van der Waals surface area contributed by atoms with Crippen molar-refractivity contribution in [2.75, 3.05) is 26.3 Å². The smallest absolute Gasteiger partial charge is 0.304 e. The minimum absolute atomic E-state index is 0.361. The molecule has 0 aliphatic carbocycles. The van der Waals surface area contributed by atoms with E-state index in [0.717, 1.165) is 19.4 Å². The molecule has 1 heterocycles. The first-order valence-corrected chi connectivity index (χ1v) is 4.08.